The Hall–Kier alpha value is -8.26. The molecule has 0 aliphatic heterocycles. The van der Waals surface area contributed by atoms with Gasteiger partial charge in [0, 0.05) is 27.6 Å². The van der Waals surface area contributed by atoms with Crippen LogP contribution in [-0.4, -0.2) is 0 Å². The highest BCUT2D eigenvalue weighted by atomic mass is 15.1. The van der Waals surface area contributed by atoms with Gasteiger partial charge in [-0.15, -0.1) is 0 Å². The van der Waals surface area contributed by atoms with Gasteiger partial charge in [0.2, 0.25) is 0 Å². The number of benzene rings is 11. The van der Waals surface area contributed by atoms with Crippen LogP contribution in [0.25, 0.3) is 77.2 Å². The van der Waals surface area contributed by atoms with Crippen LogP contribution in [0.4, 0.5) is 17.1 Å². The highest BCUT2D eigenvalue weighted by Crippen LogP contribution is 2.65. The first kappa shape index (κ1) is 39.7. The molecule has 0 bridgehead atoms. The summed E-state index contributed by atoms with van der Waals surface area (Å²) in [5.41, 5.74) is 26.7. The largest absolute Gasteiger partial charge is 0.309 e. The molecule has 1 heteroatoms. The molecule has 0 saturated heterocycles. The standard InChI is InChI=1S/C69H49N/c1-67(2)54-30-14-11-26-51(54)63-60(40-43-20-5-7-22-47(43)65(63)67)70(61-41-44-21-6-8-23-48(44)66-64(61)52-27-12-15-31-55(52)68(66,3)4)45-38-36-42(37-39-45)46-29-19-35-59-62(46)53-28-13-18-34-58(53)69(59)56-32-16-9-24-49(56)50-25-10-17-33-57(50)69/h5-41H,1-4H3. The van der Waals surface area contributed by atoms with Crippen molar-refractivity contribution in [2.24, 2.45) is 0 Å². The molecule has 1 spiro atoms. The lowest BCUT2D eigenvalue weighted by Gasteiger charge is -2.33. The summed E-state index contributed by atoms with van der Waals surface area (Å²) in [4.78, 5) is 2.63. The van der Waals surface area contributed by atoms with Gasteiger partial charge in [0.25, 0.3) is 0 Å². The first-order valence-corrected chi connectivity index (χ1v) is 24.9. The van der Waals surface area contributed by atoms with E-state index in [9.17, 15) is 0 Å². The van der Waals surface area contributed by atoms with Crippen LogP contribution in [-0.2, 0) is 16.2 Å². The van der Waals surface area contributed by atoms with Gasteiger partial charge in [0.15, 0.2) is 0 Å². The molecule has 0 fully saturated rings. The summed E-state index contributed by atoms with van der Waals surface area (Å²) in [6.45, 7) is 9.68. The Balaban J connectivity index is 1.00. The normalized spacial score (nSPS) is 15.2. The molecule has 0 atom stereocenters. The summed E-state index contributed by atoms with van der Waals surface area (Å²) in [6.07, 6.45) is 0. The smallest absolute Gasteiger partial charge is 0.0725 e. The van der Waals surface area contributed by atoms with E-state index in [-0.39, 0.29) is 10.8 Å². The van der Waals surface area contributed by atoms with Crippen molar-refractivity contribution < 1.29 is 0 Å². The molecular formula is C69H49N. The first-order valence-electron chi connectivity index (χ1n) is 24.9. The minimum absolute atomic E-state index is 0.210. The number of hydrogen-bond acceptors (Lipinski definition) is 1. The van der Waals surface area contributed by atoms with Crippen LogP contribution in [0.1, 0.15) is 72.2 Å². The van der Waals surface area contributed by atoms with E-state index >= 15 is 0 Å². The Morgan fingerprint density at radius 1 is 0.300 bits per heavy atom. The van der Waals surface area contributed by atoms with E-state index in [0.29, 0.717) is 0 Å². The molecule has 0 unspecified atom stereocenters. The average molecular weight is 892 g/mol. The van der Waals surface area contributed by atoms with Gasteiger partial charge < -0.3 is 4.90 Å². The Kier molecular flexibility index (Phi) is 7.90. The SMILES string of the molecule is CC1(C)c2ccccc2-c2c(N(c3ccc(-c4cccc5c4-c4ccccc4C54c5ccccc5-c5ccccc54)cc3)c3cc4ccccc4c4c3-c3ccccc3C4(C)C)cc3ccccc3c21. The van der Waals surface area contributed by atoms with Crippen LogP contribution < -0.4 is 4.90 Å². The lowest BCUT2D eigenvalue weighted by atomic mass is 9.70. The van der Waals surface area contributed by atoms with Crippen molar-refractivity contribution in [2.45, 2.75) is 43.9 Å². The summed E-state index contributed by atoms with van der Waals surface area (Å²) in [6, 6.07) is 85.3. The molecule has 70 heavy (non-hydrogen) atoms. The quantitative estimate of drug-likeness (QED) is 0.170. The monoisotopic (exact) mass is 891 g/mol. The molecule has 11 aromatic rings. The maximum absolute atomic E-state index is 2.63. The van der Waals surface area contributed by atoms with Crippen molar-refractivity contribution in [1.82, 2.24) is 0 Å². The molecule has 0 N–H and O–H groups in total. The molecule has 11 aromatic carbocycles. The molecule has 0 aromatic heterocycles. The van der Waals surface area contributed by atoms with Gasteiger partial charge in [0.1, 0.15) is 0 Å². The van der Waals surface area contributed by atoms with Gasteiger partial charge in [-0.2, -0.15) is 0 Å². The summed E-state index contributed by atoms with van der Waals surface area (Å²) < 4.78 is 0. The number of fused-ring (bicyclic) bond motifs is 20. The fraction of sp³-hybridized carbons (Fsp3) is 0.101. The predicted octanol–water partition coefficient (Wildman–Crippen LogP) is 18.1. The van der Waals surface area contributed by atoms with Crippen molar-refractivity contribution in [1.29, 1.82) is 0 Å². The van der Waals surface area contributed by atoms with E-state index in [0.717, 1.165) is 5.69 Å². The van der Waals surface area contributed by atoms with Crippen molar-refractivity contribution in [3.8, 4) is 55.6 Å². The molecule has 15 rings (SSSR count). The second kappa shape index (κ2) is 13.9. The van der Waals surface area contributed by atoms with Crippen molar-refractivity contribution >= 4 is 38.6 Å². The van der Waals surface area contributed by atoms with Gasteiger partial charge in [-0.3, -0.25) is 0 Å². The number of nitrogens with zero attached hydrogens (tertiary/aromatic N) is 1. The fourth-order valence-corrected chi connectivity index (χ4v) is 14.2. The van der Waals surface area contributed by atoms with Crippen molar-refractivity contribution in [2.75, 3.05) is 4.90 Å². The number of anilines is 3. The third kappa shape index (κ3) is 4.92. The van der Waals surface area contributed by atoms with E-state index < -0.39 is 5.41 Å². The molecule has 0 saturated carbocycles. The molecule has 0 radical (unpaired) electrons. The highest BCUT2D eigenvalue weighted by molar-refractivity contribution is 6.11. The topological polar surface area (TPSA) is 3.24 Å². The van der Waals surface area contributed by atoms with Crippen LogP contribution in [0.2, 0.25) is 0 Å². The van der Waals surface area contributed by atoms with Gasteiger partial charge in [-0.25, -0.2) is 0 Å². The summed E-state index contributed by atoms with van der Waals surface area (Å²) >= 11 is 0. The maximum Gasteiger partial charge on any atom is 0.0725 e. The maximum atomic E-state index is 2.63. The van der Waals surface area contributed by atoms with E-state index in [4.69, 9.17) is 0 Å². The predicted molar refractivity (Wildman–Crippen MR) is 293 cm³/mol. The van der Waals surface area contributed by atoms with Gasteiger partial charge >= 0.3 is 0 Å². The third-order valence-corrected chi connectivity index (χ3v) is 17.0. The van der Waals surface area contributed by atoms with Crippen molar-refractivity contribution in [3.63, 3.8) is 0 Å². The molecule has 1 nitrogen and oxygen atoms in total. The van der Waals surface area contributed by atoms with Gasteiger partial charge in [0.05, 0.1) is 16.8 Å². The Morgan fingerprint density at radius 2 is 0.671 bits per heavy atom. The zero-order valence-corrected chi connectivity index (χ0v) is 39.8. The first-order chi connectivity index (χ1) is 34.3. The molecular weight excluding hydrogens is 843 g/mol. The van der Waals surface area contributed by atoms with Gasteiger partial charge in [-0.05, 0) is 135 Å². The molecule has 0 heterocycles. The second-order valence-electron chi connectivity index (χ2n) is 21.1. The third-order valence-electron chi connectivity index (χ3n) is 17.0. The van der Waals surface area contributed by atoms with Crippen LogP contribution in [0, 0.1) is 0 Å². The van der Waals surface area contributed by atoms with E-state index in [1.54, 1.807) is 0 Å². The summed E-state index contributed by atoms with van der Waals surface area (Å²) in [5, 5.41) is 5.13. The Morgan fingerprint density at radius 3 is 1.17 bits per heavy atom. The second-order valence-corrected chi connectivity index (χ2v) is 21.1. The summed E-state index contributed by atoms with van der Waals surface area (Å²) in [5.74, 6) is 0. The molecule has 4 aliphatic rings. The van der Waals surface area contributed by atoms with Crippen LogP contribution >= 0.6 is 0 Å². The highest BCUT2D eigenvalue weighted by Gasteiger charge is 2.52. The lowest BCUT2D eigenvalue weighted by molar-refractivity contribution is 0.666. The van der Waals surface area contributed by atoms with Gasteiger partial charge in [-0.1, -0.05) is 228 Å². The summed E-state index contributed by atoms with van der Waals surface area (Å²) in [7, 11) is 0. The Bertz CT molecular complexity index is 3880. The molecule has 330 valence electrons. The Labute approximate surface area is 410 Å². The minimum Gasteiger partial charge on any atom is -0.309 e. The van der Waals surface area contributed by atoms with E-state index in [1.807, 2.05) is 0 Å². The van der Waals surface area contributed by atoms with Crippen molar-refractivity contribution in [3.05, 3.63) is 269 Å². The molecule has 4 aliphatic carbocycles. The minimum atomic E-state index is -0.396. The average Bonchev–Trinajstić information content (AvgIpc) is 4.05. The zero-order chi connectivity index (χ0) is 46.7. The number of hydrogen-bond donors (Lipinski definition) is 0. The lowest BCUT2D eigenvalue weighted by Crippen LogP contribution is -2.25. The fourth-order valence-electron chi connectivity index (χ4n) is 14.2. The zero-order valence-electron chi connectivity index (χ0n) is 39.8. The van der Waals surface area contributed by atoms with E-state index in [2.05, 4.69) is 257 Å². The van der Waals surface area contributed by atoms with Crippen LogP contribution in [0.5, 0.6) is 0 Å². The van der Waals surface area contributed by atoms with E-state index in [1.165, 1.54) is 133 Å². The van der Waals surface area contributed by atoms with Crippen LogP contribution in [0.15, 0.2) is 224 Å². The molecule has 0 amide bonds. The number of rotatable bonds is 4. The van der Waals surface area contributed by atoms with Crippen LogP contribution in [0.3, 0.4) is 0 Å².